The number of carbonyl (C=O) groups is 2. The van der Waals surface area contributed by atoms with Crippen LogP contribution < -0.4 is 5.32 Å². The molecule has 126 valence electrons. The zero-order chi connectivity index (χ0) is 18.2. The Hall–Kier alpha value is -3.39. The number of nitriles is 1. The van der Waals surface area contributed by atoms with E-state index in [0.717, 1.165) is 11.1 Å². The molecule has 5 heteroatoms. The van der Waals surface area contributed by atoms with Gasteiger partial charge in [-0.05, 0) is 43.2 Å². The first-order chi connectivity index (χ1) is 12.0. The molecule has 1 N–H and O–H groups in total. The summed E-state index contributed by atoms with van der Waals surface area (Å²) in [4.78, 5) is 23.8. The van der Waals surface area contributed by atoms with Crippen molar-refractivity contribution in [3.05, 3.63) is 70.8 Å². The highest BCUT2D eigenvalue weighted by molar-refractivity contribution is 6.00. The lowest BCUT2D eigenvalue weighted by Crippen LogP contribution is -2.21. The van der Waals surface area contributed by atoms with Gasteiger partial charge in [0.1, 0.15) is 11.6 Å². The summed E-state index contributed by atoms with van der Waals surface area (Å²) in [6.45, 7) is 3.39. The summed E-state index contributed by atoms with van der Waals surface area (Å²) in [6.07, 6.45) is 1.43. The number of hydrogen-bond donors (Lipinski definition) is 1. The van der Waals surface area contributed by atoms with Crippen molar-refractivity contribution in [3.8, 4) is 6.07 Å². The summed E-state index contributed by atoms with van der Waals surface area (Å²) < 4.78 is 4.91. The number of carbonyl (C=O) groups excluding carboxylic acids is 2. The van der Waals surface area contributed by atoms with Crippen LogP contribution in [0.1, 0.15) is 16.7 Å². The molecule has 5 nitrogen and oxygen atoms in total. The third-order valence-corrected chi connectivity index (χ3v) is 3.36. The number of rotatable bonds is 5. The van der Waals surface area contributed by atoms with E-state index in [0.29, 0.717) is 11.3 Å². The van der Waals surface area contributed by atoms with Gasteiger partial charge in [0, 0.05) is 5.69 Å². The molecule has 0 radical (unpaired) electrons. The summed E-state index contributed by atoms with van der Waals surface area (Å²) in [7, 11) is 0. The second-order valence-electron chi connectivity index (χ2n) is 5.57. The first-order valence-electron chi connectivity index (χ1n) is 7.70. The number of anilines is 1. The van der Waals surface area contributed by atoms with Crippen LogP contribution in [0.2, 0.25) is 0 Å². The third kappa shape index (κ3) is 5.63. The molecule has 0 spiro atoms. The summed E-state index contributed by atoms with van der Waals surface area (Å²) in [5.41, 5.74) is 3.25. The topological polar surface area (TPSA) is 79.2 Å². The van der Waals surface area contributed by atoms with E-state index in [2.05, 4.69) is 5.32 Å². The molecule has 2 aromatic carbocycles. The molecule has 1 amide bonds. The number of esters is 1. The standard InChI is InChI=1S/C20H18N2O3/c1-14-6-8-16(9-7-14)11-17(12-21)20(24)25-13-19(23)22-18-5-3-4-15(2)10-18/h3-11H,13H2,1-2H3,(H,22,23)/b17-11+. The lowest BCUT2D eigenvalue weighted by molar-refractivity contribution is -0.142. The summed E-state index contributed by atoms with van der Waals surface area (Å²) in [6, 6.07) is 16.4. The van der Waals surface area contributed by atoms with E-state index in [1.807, 2.05) is 38.1 Å². The summed E-state index contributed by atoms with van der Waals surface area (Å²) in [5.74, 6) is -1.30. The van der Waals surface area contributed by atoms with E-state index in [1.54, 1.807) is 30.3 Å². The number of nitrogens with zero attached hydrogens (tertiary/aromatic N) is 1. The predicted octanol–water partition coefficient (Wildman–Crippen LogP) is 3.39. The molecule has 2 rings (SSSR count). The Balaban J connectivity index is 1.94. The normalized spacial score (nSPS) is 10.7. The van der Waals surface area contributed by atoms with Gasteiger partial charge in [-0.25, -0.2) is 4.79 Å². The molecule has 0 unspecified atom stereocenters. The van der Waals surface area contributed by atoms with Crippen molar-refractivity contribution in [2.75, 3.05) is 11.9 Å². The molecule has 0 bridgehead atoms. The molecule has 0 atom stereocenters. The molecule has 0 aliphatic rings. The highest BCUT2D eigenvalue weighted by atomic mass is 16.5. The van der Waals surface area contributed by atoms with Crippen LogP contribution in [0.3, 0.4) is 0 Å². The second kappa shape index (κ2) is 8.46. The smallest absolute Gasteiger partial charge is 0.349 e. The minimum absolute atomic E-state index is 0.160. The van der Waals surface area contributed by atoms with Gasteiger partial charge in [0.05, 0.1) is 0 Å². The number of amides is 1. The molecule has 0 heterocycles. The fourth-order valence-electron chi connectivity index (χ4n) is 2.09. The van der Waals surface area contributed by atoms with E-state index in [9.17, 15) is 9.59 Å². The number of nitrogens with one attached hydrogen (secondary N) is 1. The van der Waals surface area contributed by atoms with Crippen LogP contribution in [0.25, 0.3) is 6.08 Å². The molecule has 0 aliphatic carbocycles. The van der Waals surface area contributed by atoms with Gasteiger partial charge in [-0.2, -0.15) is 5.26 Å². The molecule has 0 saturated heterocycles. The maximum Gasteiger partial charge on any atom is 0.349 e. The van der Waals surface area contributed by atoms with E-state index in [1.165, 1.54) is 6.08 Å². The van der Waals surface area contributed by atoms with Crippen molar-refractivity contribution in [2.45, 2.75) is 13.8 Å². The Morgan fingerprint density at radius 2 is 1.84 bits per heavy atom. The average Bonchev–Trinajstić information content (AvgIpc) is 2.59. The summed E-state index contributed by atoms with van der Waals surface area (Å²) >= 11 is 0. The molecule has 2 aromatic rings. The minimum atomic E-state index is -0.831. The van der Waals surface area contributed by atoms with Crippen molar-refractivity contribution in [2.24, 2.45) is 0 Å². The first-order valence-corrected chi connectivity index (χ1v) is 7.70. The number of hydrogen-bond acceptors (Lipinski definition) is 4. The number of ether oxygens (including phenoxy) is 1. The van der Waals surface area contributed by atoms with E-state index in [4.69, 9.17) is 10.00 Å². The van der Waals surface area contributed by atoms with Gasteiger partial charge in [0.25, 0.3) is 5.91 Å². The minimum Gasteiger partial charge on any atom is -0.451 e. The molecule has 0 saturated carbocycles. The van der Waals surface area contributed by atoms with E-state index in [-0.39, 0.29) is 5.57 Å². The van der Waals surface area contributed by atoms with Gasteiger partial charge in [-0.15, -0.1) is 0 Å². The maximum absolute atomic E-state index is 12.0. The van der Waals surface area contributed by atoms with Crippen LogP contribution in [0.15, 0.2) is 54.1 Å². The fourth-order valence-corrected chi connectivity index (χ4v) is 2.09. The predicted molar refractivity (Wildman–Crippen MR) is 95.5 cm³/mol. The van der Waals surface area contributed by atoms with E-state index < -0.39 is 18.5 Å². The lowest BCUT2D eigenvalue weighted by Gasteiger charge is -2.07. The van der Waals surface area contributed by atoms with Gasteiger partial charge in [0.15, 0.2) is 6.61 Å². The SMILES string of the molecule is Cc1ccc(/C=C(\C#N)C(=O)OCC(=O)Nc2cccc(C)c2)cc1. The zero-order valence-corrected chi connectivity index (χ0v) is 14.1. The third-order valence-electron chi connectivity index (χ3n) is 3.36. The highest BCUT2D eigenvalue weighted by Crippen LogP contribution is 2.11. The Morgan fingerprint density at radius 3 is 2.48 bits per heavy atom. The number of benzene rings is 2. The van der Waals surface area contributed by atoms with Gasteiger partial charge in [-0.3, -0.25) is 4.79 Å². The highest BCUT2D eigenvalue weighted by Gasteiger charge is 2.13. The van der Waals surface area contributed by atoms with Crippen molar-refractivity contribution < 1.29 is 14.3 Å². The van der Waals surface area contributed by atoms with Crippen LogP contribution in [0.5, 0.6) is 0 Å². The molecular formula is C20H18N2O3. The second-order valence-corrected chi connectivity index (χ2v) is 5.57. The van der Waals surface area contributed by atoms with Gasteiger partial charge < -0.3 is 10.1 Å². The summed E-state index contributed by atoms with van der Waals surface area (Å²) in [5, 5.41) is 11.8. The Kier molecular flexibility index (Phi) is 6.08. The maximum atomic E-state index is 12.0. The van der Waals surface area contributed by atoms with Gasteiger partial charge >= 0.3 is 5.97 Å². The van der Waals surface area contributed by atoms with Crippen LogP contribution in [0, 0.1) is 25.2 Å². The van der Waals surface area contributed by atoms with E-state index >= 15 is 0 Å². The molecule has 0 fully saturated rings. The Labute approximate surface area is 146 Å². The monoisotopic (exact) mass is 334 g/mol. The van der Waals surface area contributed by atoms with Crippen LogP contribution in [-0.4, -0.2) is 18.5 Å². The number of aryl methyl sites for hydroxylation is 2. The largest absolute Gasteiger partial charge is 0.451 e. The van der Waals surface area contributed by atoms with Crippen molar-refractivity contribution in [1.29, 1.82) is 5.26 Å². The van der Waals surface area contributed by atoms with Crippen LogP contribution in [-0.2, 0) is 14.3 Å². The van der Waals surface area contributed by atoms with Crippen molar-refractivity contribution in [1.82, 2.24) is 0 Å². The van der Waals surface area contributed by atoms with Gasteiger partial charge in [0.2, 0.25) is 0 Å². The van der Waals surface area contributed by atoms with Crippen molar-refractivity contribution >= 4 is 23.6 Å². The van der Waals surface area contributed by atoms with Crippen LogP contribution >= 0.6 is 0 Å². The first kappa shape index (κ1) is 18.0. The average molecular weight is 334 g/mol. The fraction of sp³-hybridized carbons (Fsp3) is 0.150. The quantitative estimate of drug-likeness (QED) is 0.516. The Morgan fingerprint density at radius 1 is 1.12 bits per heavy atom. The van der Waals surface area contributed by atoms with Gasteiger partial charge in [-0.1, -0.05) is 42.0 Å². The molecular weight excluding hydrogens is 316 g/mol. The van der Waals surface area contributed by atoms with Crippen LogP contribution in [0.4, 0.5) is 5.69 Å². The lowest BCUT2D eigenvalue weighted by atomic mass is 10.1. The molecule has 25 heavy (non-hydrogen) atoms. The zero-order valence-electron chi connectivity index (χ0n) is 14.1. The Bertz CT molecular complexity index is 846. The van der Waals surface area contributed by atoms with Crippen molar-refractivity contribution in [3.63, 3.8) is 0 Å². The molecule has 0 aromatic heterocycles. The molecule has 0 aliphatic heterocycles.